The molecule has 2 saturated heterocycles. The van der Waals surface area contributed by atoms with E-state index in [4.69, 9.17) is 14.2 Å². The average molecular weight is 253 g/mol. The highest BCUT2D eigenvalue weighted by atomic mass is 16.6. The highest BCUT2D eigenvalue weighted by Gasteiger charge is 2.44. The van der Waals surface area contributed by atoms with Crippen LogP contribution in [-0.2, 0) is 19.0 Å². The molecular weight excluding hydrogens is 234 g/mol. The van der Waals surface area contributed by atoms with Crippen molar-refractivity contribution in [2.24, 2.45) is 11.8 Å². The van der Waals surface area contributed by atoms with E-state index in [2.05, 4.69) is 6.07 Å². The predicted molar refractivity (Wildman–Crippen MR) is 62.6 cm³/mol. The van der Waals surface area contributed by atoms with E-state index in [0.29, 0.717) is 32.8 Å². The molecule has 0 saturated carbocycles. The fourth-order valence-electron chi connectivity index (χ4n) is 2.80. The number of hydrogen-bond acceptors (Lipinski definition) is 5. The molecule has 5 nitrogen and oxygen atoms in total. The zero-order chi connectivity index (χ0) is 13.0. The zero-order valence-electron chi connectivity index (χ0n) is 10.7. The first-order valence-corrected chi connectivity index (χ1v) is 6.49. The van der Waals surface area contributed by atoms with Crippen molar-refractivity contribution in [3.8, 4) is 6.07 Å². The van der Waals surface area contributed by atoms with Gasteiger partial charge in [-0.25, -0.2) is 0 Å². The molecule has 0 radical (unpaired) electrons. The molecule has 2 rings (SSSR count). The second-order valence-corrected chi connectivity index (χ2v) is 4.95. The molecule has 2 aliphatic heterocycles. The summed E-state index contributed by atoms with van der Waals surface area (Å²) in [5.41, 5.74) is -0.273. The second kappa shape index (κ2) is 5.68. The minimum Gasteiger partial charge on any atom is -0.465 e. The zero-order valence-corrected chi connectivity index (χ0v) is 10.7. The Hall–Kier alpha value is -1.12. The molecule has 1 spiro atoms. The lowest BCUT2D eigenvalue weighted by molar-refractivity contribution is -0.152. The first kappa shape index (κ1) is 13.3. The molecule has 18 heavy (non-hydrogen) atoms. The van der Waals surface area contributed by atoms with Crippen LogP contribution in [0.15, 0.2) is 0 Å². The van der Waals surface area contributed by atoms with Crippen molar-refractivity contribution in [2.45, 2.75) is 31.8 Å². The number of nitriles is 1. The summed E-state index contributed by atoms with van der Waals surface area (Å²) in [7, 11) is 0. The van der Waals surface area contributed by atoms with Crippen LogP contribution in [-0.4, -0.2) is 38.0 Å². The molecule has 0 aromatic heterocycles. The standard InChI is InChI=1S/C13H19NO4/c1-2-17-12(15)11(8-14)10-3-5-18-13(7-10)4-6-16-9-13/h10-11H,2-7,9H2,1H3. The van der Waals surface area contributed by atoms with Crippen molar-refractivity contribution in [2.75, 3.05) is 26.4 Å². The Balaban J connectivity index is 2.03. The lowest BCUT2D eigenvalue weighted by Gasteiger charge is -2.38. The second-order valence-electron chi connectivity index (χ2n) is 4.95. The monoisotopic (exact) mass is 253 g/mol. The maximum absolute atomic E-state index is 11.8. The third-order valence-electron chi connectivity index (χ3n) is 3.75. The summed E-state index contributed by atoms with van der Waals surface area (Å²) < 4.78 is 16.2. The van der Waals surface area contributed by atoms with Crippen molar-refractivity contribution < 1.29 is 19.0 Å². The summed E-state index contributed by atoms with van der Waals surface area (Å²) in [5, 5.41) is 9.18. The Kier molecular flexibility index (Phi) is 4.20. The van der Waals surface area contributed by atoms with Gasteiger partial charge < -0.3 is 14.2 Å². The summed E-state index contributed by atoms with van der Waals surface area (Å²) >= 11 is 0. The first-order valence-electron chi connectivity index (χ1n) is 6.49. The van der Waals surface area contributed by atoms with Gasteiger partial charge in [-0.3, -0.25) is 4.79 Å². The normalized spacial score (nSPS) is 33.0. The molecule has 3 unspecified atom stereocenters. The summed E-state index contributed by atoms with van der Waals surface area (Å²) in [4.78, 5) is 11.8. The van der Waals surface area contributed by atoms with E-state index in [1.54, 1.807) is 6.92 Å². The van der Waals surface area contributed by atoms with Gasteiger partial charge in [0.05, 0.1) is 24.9 Å². The summed E-state index contributed by atoms with van der Waals surface area (Å²) in [6.07, 6.45) is 2.30. The molecule has 0 aliphatic carbocycles. The van der Waals surface area contributed by atoms with Crippen LogP contribution >= 0.6 is 0 Å². The van der Waals surface area contributed by atoms with Crippen molar-refractivity contribution >= 4 is 5.97 Å². The van der Waals surface area contributed by atoms with Crippen LogP contribution < -0.4 is 0 Å². The van der Waals surface area contributed by atoms with Gasteiger partial charge in [-0.15, -0.1) is 0 Å². The Morgan fingerprint density at radius 2 is 2.44 bits per heavy atom. The quantitative estimate of drug-likeness (QED) is 0.709. The van der Waals surface area contributed by atoms with Gasteiger partial charge in [0.2, 0.25) is 0 Å². The van der Waals surface area contributed by atoms with Gasteiger partial charge in [0.1, 0.15) is 5.92 Å². The highest BCUT2D eigenvalue weighted by Crippen LogP contribution is 2.38. The lowest BCUT2D eigenvalue weighted by Crippen LogP contribution is -2.43. The predicted octanol–water partition coefficient (Wildman–Crippen LogP) is 1.27. The van der Waals surface area contributed by atoms with E-state index in [0.717, 1.165) is 12.8 Å². The van der Waals surface area contributed by atoms with E-state index in [1.807, 2.05) is 0 Å². The maximum Gasteiger partial charge on any atom is 0.323 e. The number of carbonyl (C=O) groups excluding carboxylic acids is 1. The topological polar surface area (TPSA) is 68.6 Å². The summed E-state index contributed by atoms with van der Waals surface area (Å²) in [6.45, 7) is 3.93. The molecule has 2 fully saturated rings. The maximum atomic E-state index is 11.8. The van der Waals surface area contributed by atoms with E-state index >= 15 is 0 Å². The van der Waals surface area contributed by atoms with Crippen LogP contribution in [0.1, 0.15) is 26.2 Å². The average Bonchev–Trinajstić information content (AvgIpc) is 2.79. The van der Waals surface area contributed by atoms with E-state index in [-0.39, 0.29) is 11.5 Å². The number of ether oxygens (including phenoxy) is 3. The highest BCUT2D eigenvalue weighted by molar-refractivity contribution is 5.75. The first-order chi connectivity index (χ1) is 8.71. The molecule has 100 valence electrons. The number of hydrogen-bond donors (Lipinski definition) is 0. The van der Waals surface area contributed by atoms with E-state index in [1.165, 1.54) is 0 Å². The molecule has 0 N–H and O–H groups in total. The van der Waals surface area contributed by atoms with Crippen LogP contribution in [0.3, 0.4) is 0 Å². The van der Waals surface area contributed by atoms with Crippen molar-refractivity contribution in [3.63, 3.8) is 0 Å². The van der Waals surface area contributed by atoms with Crippen LogP contribution in [0.4, 0.5) is 0 Å². The van der Waals surface area contributed by atoms with Gasteiger partial charge in [0.25, 0.3) is 0 Å². The summed E-state index contributed by atoms with van der Waals surface area (Å²) in [6, 6.07) is 2.09. The number of nitrogens with zero attached hydrogens (tertiary/aromatic N) is 1. The van der Waals surface area contributed by atoms with Crippen molar-refractivity contribution in [1.29, 1.82) is 5.26 Å². The molecule has 0 amide bonds. The third-order valence-corrected chi connectivity index (χ3v) is 3.75. The van der Waals surface area contributed by atoms with Crippen LogP contribution in [0.25, 0.3) is 0 Å². The van der Waals surface area contributed by atoms with E-state index in [9.17, 15) is 10.1 Å². The third kappa shape index (κ3) is 2.65. The molecular formula is C13H19NO4. The molecule has 2 aliphatic rings. The fourth-order valence-corrected chi connectivity index (χ4v) is 2.80. The van der Waals surface area contributed by atoms with Gasteiger partial charge in [-0.05, 0) is 25.7 Å². The molecule has 0 bridgehead atoms. The van der Waals surface area contributed by atoms with Crippen LogP contribution in [0, 0.1) is 23.2 Å². The minimum atomic E-state index is -0.675. The lowest BCUT2D eigenvalue weighted by atomic mass is 9.78. The van der Waals surface area contributed by atoms with Gasteiger partial charge in [-0.1, -0.05) is 0 Å². The molecule has 0 aromatic rings. The van der Waals surface area contributed by atoms with Gasteiger partial charge in [0, 0.05) is 19.6 Å². The largest absolute Gasteiger partial charge is 0.465 e. The summed E-state index contributed by atoms with van der Waals surface area (Å²) in [5.74, 6) is -1.06. The van der Waals surface area contributed by atoms with Crippen molar-refractivity contribution in [3.05, 3.63) is 0 Å². The van der Waals surface area contributed by atoms with Gasteiger partial charge in [0.15, 0.2) is 0 Å². The molecule has 0 aromatic carbocycles. The Bertz CT molecular complexity index is 343. The van der Waals surface area contributed by atoms with Gasteiger partial charge >= 0.3 is 5.97 Å². The SMILES string of the molecule is CCOC(=O)C(C#N)C1CCOC2(CCOC2)C1. The molecule has 5 heteroatoms. The van der Waals surface area contributed by atoms with Crippen LogP contribution in [0.2, 0.25) is 0 Å². The van der Waals surface area contributed by atoms with Gasteiger partial charge in [-0.2, -0.15) is 5.26 Å². The fraction of sp³-hybridized carbons (Fsp3) is 0.846. The number of esters is 1. The van der Waals surface area contributed by atoms with Crippen molar-refractivity contribution in [1.82, 2.24) is 0 Å². The van der Waals surface area contributed by atoms with Crippen LogP contribution in [0.5, 0.6) is 0 Å². The number of rotatable bonds is 3. The number of carbonyl (C=O) groups is 1. The Morgan fingerprint density at radius 3 is 3.06 bits per heavy atom. The Morgan fingerprint density at radius 1 is 1.61 bits per heavy atom. The van der Waals surface area contributed by atoms with E-state index < -0.39 is 11.9 Å². The minimum absolute atomic E-state index is 0.0181. The Labute approximate surface area is 107 Å². The smallest absolute Gasteiger partial charge is 0.323 e. The molecule has 3 atom stereocenters. The molecule has 2 heterocycles.